The van der Waals surface area contributed by atoms with E-state index in [2.05, 4.69) is 5.10 Å². The van der Waals surface area contributed by atoms with Gasteiger partial charge in [-0.1, -0.05) is 0 Å². The highest BCUT2D eigenvalue weighted by atomic mass is 16.2. The quantitative estimate of drug-likeness (QED) is 0.756. The lowest BCUT2D eigenvalue weighted by atomic mass is 10.1. The van der Waals surface area contributed by atoms with Crippen LogP contribution in [0.4, 0.5) is 9.59 Å². The van der Waals surface area contributed by atoms with E-state index in [-0.39, 0.29) is 18.1 Å². The molecule has 1 aliphatic rings. The SMILES string of the molecule is CN(C)C(=O)N1CCN(C(=O)N(C)C)[C@@H](c2cnn(C)c2)C1. The lowest BCUT2D eigenvalue weighted by molar-refractivity contribution is 0.0847. The van der Waals surface area contributed by atoms with Crippen LogP contribution in [0.5, 0.6) is 0 Å². The first-order valence-corrected chi connectivity index (χ1v) is 7.24. The van der Waals surface area contributed by atoms with E-state index in [1.54, 1.807) is 58.7 Å². The lowest BCUT2D eigenvalue weighted by Crippen LogP contribution is -2.56. The number of aromatic nitrogens is 2. The Balaban J connectivity index is 2.26. The van der Waals surface area contributed by atoms with Crippen molar-refractivity contribution in [2.24, 2.45) is 7.05 Å². The summed E-state index contributed by atoms with van der Waals surface area (Å²) in [6.07, 6.45) is 3.65. The first-order chi connectivity index (χ1) is 10.3. The molecule has 0 radical (unpaired) electrons. The van der Waals surface area contributed by atoms with Crippen LogP contribution in [-0.4, -0.2) is 89.3 Å². The molecule has 8 heteroatoms. The molecule has 1 aliphatic heterocycles. The fourth-order valence-corrected chi connectivity index (χ4v) is 2.62. The van der Waals surface area contributed by atoms with Crippen LogP contribution in [-0.2, 0) is 7.05 Å². The molecule has 2 rings (SSSR count). The van der Waals surface area contributed by atoms with E-state index in [4.69, 9.17) is 0 Å². The van der Waals surface area contributed by atoms with Gasteiger partial charge in [-0.15, -0.1) is 0 Å². The Hall–Kier alpha value is -2.25. The van der Waals surface area contributed by atoms with Crippen molar-refractivity contribution < 1.29 is 9.59 Å². The molecule has 0 bridgehead atoms. The molecule has 0 spiro atoms. The molecule has 4 amide bonds. The minimum atomic E-state index is -0.179. The van der Waals surface area contributed by atoms with Crippen molar-refractivity contribution in [3.8, 4) is 0 Å². The van der Waals surface area contributed by atoms with Gasteiger partial charge in [-0.05, 0) is 0 Å². The maximum absolute atomic E-state index is 12.4. The number of amides is 4. The number of hydrogen-bond acceptors (Lipinski definition) is 3. The molecule has 122 valence electrons. The van der Waals surface area contributed by atoms with Gasteiger partial charge in [-0.25, -0.2) is 9.59 Å². The minimum Gasteiger partial charge on any atom is -0.331 e. The van der Waals surface area contributed by atoms with Gasteiger partial charge in [0.05, 0.1) is 12.2 Å². The zero-order valence-electron chi connectivity index (χ0n) is 13.9. The molecule has 1 saturated heterocycles. The van der Waals surface area contributed by atoms with E-state index in [0.717, 1.165) is 5.56 Å². The lowest BCUT2D eigenvalue weighted by Gasteiger charge is -2.42. The van der Waals surface area contributed by atoms with Crippen LogP contribution in [0.2, 0.25) is 0 Å². The highest BCUT2D eigenvalue weighted by Crippen LogP contribution is 2.26. The zero-order valence-corrected chi connectivity index (χ0v) is 13.9. The molecule has 0 N–H and O–H groups in total. The molecular weight excluding hydrogens is 284 g/mol. The third kappa shape index (κ3) is 3.15. The Bertz CT molecular complexity index is 553. The molecule has 22 heavy (non-hydrogen) atoms. The summed E-state index contributed by atoms with van der Waals surface area (Å²) in [6, 6.07) is -0.266. The van der Waals surface area contributed by atoms with Crippen molar-refractivity contribution in [1.82, 2.24) is 29.4 Å². The second-order valence-electron chi connectivity index (χ2n) is 5.96. The molecule has 0 aliphatic carbocycles. The van der Waals surface area contributed by atoms with Gasteiger partial charge in [0, 0.05) is 66.6 Å². The Labute approximate surface area is 130 Å². The zero-order chi connectivity index (χ0) is 16.4. The van der Waals surface area contributed by atoms with Crippen LogP contribution in [0.3, 0.4) is 0 Å². The van der Waals surface area contributed by atoms with Crippen molar-refractivity contribution >= 4 is 12.1 Å². The van der Waals surface area contributed by atoms with E-state index in [1.165, 1.54) is 0 Å². The van der Waals surface area contributed by atoms with E-state index in [9.17, 15) is 9.59 Å². The summed E-state index contributed by atoms with van der Waals surface area (Å²) in [7, 11) is 8.78. The van der Waals surface area contributed by atoms with Gasteiger partial charge in [0.1, 0.15) is 0 Å². The van der Waals surface area contributed by atoms with Crippen LogP contribution in [0.1, 0.15) is 11.6 Å². The van der Waals surface area contributed by atoms with Crippen molar-refractivity contribution in [3.05, 3.63) is 18.0 Å². The third-order valence-corrected chi connectivity index (χ3v) is 3.77. The predicted molar refractivity (Wildman–Crippen MR) is 82.4 cm³/mol. The topological polar surface area (TPSA) is 64.9 Å². The summed E-state index contributed by atoms with van der Waals surface area (Å²) in [5.74, 6) is 0. The van der Waals surface area contributed by atoms with Crippen molar-refractivity contribution in [3.63, 3.8) is 0 Å². The molecule has 0 saturated carbocycles. The summed E-state index contributed by atoms with van der Waals surface area (Å²) >= 11 is 0. The molecule has 1 aromatic rings. The summed E-state index contributed by atoms with van der Waals surface area (Å²) in [4.78, 5) is 31.3. The van der Waals surface area contributed by atoms with Gasteiger partial charge >= 0.3 is 12.1 Å². The molecule has 1 aromatic heterocycles. The van der Waals surface area contributed by atoms with E-state index < -0.39 is 0 Å². The van der Waals surface area contributed by atoms with Crippen LogP contribution in [0, 0.1) is 0 Å². The van der Waals surface area contributed by atoms with Crippen LogP contribution >= 0.6 is 0 Å². The van der Waals surface area contributed by atoms with Crippen molar-refractivity contribution in [2.45, 2.75) is 6.04 Å². The first kappa shape index (κ1) is 16.1. The van der Waals surface area contributed by atoms with Crippen LogP contribution < -0.4 is 0 Å². The monoisotopic (exact) mass is 308 g/mol. The summed E-state index contributed by atoms with van der Waals surface area (Å²) < 4.78 is 1.71. The number of hydrogen-bond donors (Lipinski definition) is 0. The largest absolute Gasteiger partial charge is 0.331 e. The predicted octanol–water partition coefficient (Wildman–Crippen LogP) is 0.442. The van der Waals surface area contributed by atoms with Crippen molar-refractivity contribution in [1.29, 1.82) is 0 Å². The third-order valence-electron chi connectivity index (χ3n) is 3.77. The Morgan fingerprint density at radius 1 is 1.14 bits per heavy atom. The molecule has 1 fully saturated rings. The van der Waals surface area contributed by atoms with Gasteiger partial charge in [0.2, 0.25) is 0 Å². The molecule has 0 unspecified atom stereocenters. The summed E-state index contributed by atoms with van der Waals surface area (Å²) in [5, 5.41) is 4.19. The average molecular weight is 308 g/mol. The molecule has 2 heterocycles. The van der Waals surface area contributed by atoms with Crippen LogP contribution in [0.25, 0.3) is 0 Å². The van der Waals surface area contributed by atoms with Crippen molar-refractivity contribution in [2.75, 3.05) is 47.8 Å². The maximum Gasteiger partial charge on any atom is 0.320 e. The molecule has 0 aromatic carbocycles. The van der Waals surface area contributed by atoms with Gasteiger partial charge in [0.25, 0.3) is 0 Å². The van der Waals surface area contributed by atoms with Crippen LogP contribution in [0.15, 0.2) is 12.4 Å². The van der Waals surface area contributed by atoms with Gasteiger partial charge < -0.3 is 19.6 Å². The van der Waals surface area contributed by atoms with Gasteiger partial charge in [-0.2, -0.15) is 5.10 Å². The standard InChI is InChI=1S/C14H24N6O2/c1-16(2)13(21)19-6-7-20(14(22)17(3)4)12(10-19)11-8-15-18(5)9-11/h8-9,12H,6-7,10H2,1-5H3/t12-/m1/s1. The Kier molecular flexibility index (Phi) is 4.58. The fourth-order valence-electron chi connectivity index (χ4n) is 2.62. The highest BCUT2D eigenvalue weighted by Gasteiger charge is 2.35. The number of carbonyl (C=O) groups is 2. The fraction of sp³-hybridized carbons (Fsp3) is 0.643. The number of aryl methyl sites for hydroxylation is 1. The maximum atomic E-state index is 12.4. The van der Waals surface area contributed by atoms with Gasteiger partial charge in [-0.3, -0.25) is 4.68 Å². The summed E-state index contributed by atoms with van der Waals surface area (Å²) in [5.41, 5.74) is 0.939. The number of rotatable bonds is 1. The molecular formula is C14H24N6O2. The average Bonchev–Trinajstić information content (AvgIpc) is 2.91. The smallest absolute Gasteiger partial charge is 0.320 e. The Morgan fingerprint density at radius 2 is 1.77 bits per heavy atom. The number of urea groups is 2. The molecule has 1 atom stereocenters. The number of nitrogens with zero attached hydrogens (tertiary/aromatic N) is 6. The first-order valence-electron chi connectivity index (χ1n) is 7.24. The van der Waals surface area contributed by atoms with E-state index in [0.29, 0.717) is 19.6 Å². The number of carbonyl (C=O) groups excluding carboxylic acids is 2. The normalized spacial score (nSPS) is 18.3. The number of piperazine rings is 1. The molecule has 8 nitrogen and oxygen atoms in total. The van der Waals surface area contributed by atoms with E-state index in [1.807, 2.05) is 13.2 Å². The minimum absolute atomic E-state index is 0.0363. The van der Waals surface area contributed by atoms with Gasteiger partial charge in [0.15, 0.2) is 0 Å². The Morgan fingerprint density at radius 3 is 2.27 bits per heavy atom. The summed E-state index contributed by atoms with van der Waals surface area (Å²) in [6.45, 7) is 1.52. The highest BCUT2D eigenvalue weighted by molar-refractivity contribution is 5.76. The second-order valence-corrected chi connectivity index (χ2v) is 5.96. The van der Waals surface area contributed by atoms with E-state index >= 15 is 0 Å². The second kappa shape index (κ2) is 6.25.